The van der Waals surface area contributed by atoms with Crippen molar-refractivity contribution in [2.45, 2.75) is 0 Å². The fourth-order valence-corrected chi connectivity index (χ4v) is 8.99. The molecule has 0 atom stereocenters. The van der Waals surface area contributed by atoms with Gasteiger partial charge in [0.25, 0.3) is 0 Å². The van der Waals surface area contributed by atoms with Crippen molar-refractivity contribution in [3.63, 3.8) is 0 Å². The smallest absolute Gasteiger partial charge is 0.0568 e. The maximum Gasteiger partial charge on any atom is 0.0568 e. The van der Waals surface area contributed by atoms with Crippen molar-refractivity contribution in [2.75, 3.05) is 0 Å². The Balaban J connectivity index is 1.24. The van der Waals surface area contributed by atoms with E-state index in [1.165, 1.54) is 87.0 Å². The third-order valence-electron chi connectivity index (χ3n) is 11.1. The molecule has 3 heterocycles. The van der Waals surface area contributed by atoms with Gasteiger partial charge in [0.15, 0.2) is 0 Å². The van der Waals surface area contributed by atoms with E-state index in [2.05, 4.69) is 190 Å². The number of nitrogens with zero attached hydrogens (tertiary/aromatic N) is 3. The molecule has 51 heavy (non-hydrogen) atoms. The van der Waals surface area contributed by atoms with Crippen LogP contribution >= 0.6 is 0 Å². The number of para-hydroxylation sites is 4. The Morgan fingerprint density at radius 1 is 0.235 bits per heavy atom. The van der Waals surface area contributed by atoms with Gasteiger partial charge < -0.3 is 13.7 Å². The number of aromatic nitrogens is 3. The maximum absolute atomic E-state index is 2.51. The zero-order chi connectivity index (χ0) is 33.2. The predicted octanol–water partition coefficient (Wildman–Crippen LogP) is 12.7. The van der Waals surface area contributed by atoms with Crippen molar-refractivity contribution in [2.24, 2.45) is 0 Å². The van der Waals surface area contributed by atoms with E-state index in [1.807, 2.05) is 0 Å². The van der Waals surface area contributed by atoms with Crippen molar-refractivity contribution < 1.29 is 0 Å². The van der Waals surface area contributed by atoms with E-state index in [4.69, 9.17) is 0 Å². The number of hydrogen-bond acceptors (Lipinski definition) is 0. The van der Waals surface area contributed by atoms with Gasteiger partial charge in [-0.15, -0.1) is 0 Å². The molecule has 3 aromatic heterocycles. The topological polar surface area (TPSA) is 14.8 Å². The number of benzene rings is 9. The van der Waals surface area contributed by atoms with Crippen molar-refractivity contribution in [3.8, 4) is 17.1 Å². The van der Waals surface area contributed by atoms with Gasteiger partial charge in [0.2, 0.25) is 0 Å². The Morgan fingerprint density at radius 3 is 1.06 bits per heavy atom. The molecule has 12 rings (SSSR count). The molecular weight excluding hydrogens is 619 g/mol. The molecule has 0 radical (unpaired) electrons. The van der Waals surface area contributed by atoms with Crippen LogP contribution in [-0.4, -0.2) is 13.7 Å². The fraction of sp³-hybridized carbons (Fsp3) is 0. The van der Waals surface area contributed by atoms with E-state index in [9.17, 15) is 0 Å². The first-order chi connectivity index (χ1) is 25.3. The average Bonchev–Trinajstić information content (AvgIpc) is 3.83. The summed E-state index contributed by atoms with van der Waals surface area (Å²) in [5.74, 6) is 0. The Bertz CT molecular complexity index is 3080. The molecule has 0 aliphatic rings. The molecule has 12 aromatic rings. The van der Waals surface area contributed by atoms with Crippen LogP contribution < -0.4 is 0 Å². The van der Waals surface area contributed by atoms with E-state index in [0.29, 0.717) is 0 Å². The summed E-state index contributed by atoms with van der Waals surface area (Å²) in [5, 5.41) is 12.6. The molecule has 0 aliphatic heterocycles. The van der Waals surface area contributed by atoms with Crippen molar-refractivity contribution in [3.05, 3.63) is 176 Å². The van der Waals surface area contributed by atoms with Crippen LogP contribution in [0, 0.1) is 0 Å². The van der Waals surface area contributed by atoms with E-state index in [-0.39, 0.29) is 0 Å². The molecule has 9 aromatic carbocycles. The summed E-state index contributed by atoms with van der Waals surface area (Å²) in [6.45, 7) is 0. The first-order valence-corrected chi connectivity index (χ1v) is 17.6. The summed E-state index contributed by atoms with van der Waals surface area (Å²) in [7, 11) is 0. The summed E-state index contributed by atoms with van der Waals surface area (Å²) in [6.07, 6.45) is 0. The van der Waals surface area contributed by atoms with E-state index in [0.717, 1.165) is 17.1 Å². The normalized spacial score (nSPS) is 12.3. The molecule has 0 saturated heterocycles. The largest absolute Gasteiger partial charge is 0.309 e. The molecule has 0 spiro atoms. The molecule has 236 valence electrons. The zero-order valence-electron chi connectivity index (χ0n) is 27.6. The van der Waals surface area contributed by atoms with E-state index >= 15 is 0 Å². The van der Waals surface area contributed by atoms with Gasteiger partial charge in [-0.25, -0.2) is 0 Å². The summed E-state index contributed by atoms with van der Waals surface area (Å²) < 4.78 is 7.39. The van der Waals surface area contributed by atoms with Gasteiger partial charge in [-0.05, 0) is 82.2 Å². The van der Waals surface area contributed by atoms with Crippen LogP contribution in [0.25, 0.3) is 104 Å². The van der Waals surface area contributed by atoms with Gasteiger partial charge in [-0.3, -0.25) is 0 Å². The van der Waals surface area contributed by atoms with Gasteiger partial charge in [0.1, 0.15) is 0 Å². The highest BCUT2D eigenvalue weighted by Gasteiger charge is 2.22. The molecule has 0 N–H and O–H groups in total. The minimum absolute atomic E-state index is 1.16. The second-order valence-electron chi connectivity index (χ2n) is 13.8. The highest BCUT2D eigenvalue weighted by atomic mass is 15.0. The molecule has 0 bridgehead atoms. The van der Waals surface area contributed by atoms with E-state index in [1.54, 1.807) is 0 Å². The van der Waals surface area contributed by atoms with Crippen LogP contribution in [0.15, 0.2) is 176 Å². The molecule has 0 amide bonds. The molecule has 3 heteroatoms. The average molecular weight is 648 g/mol. The van der Waals surface area contributed by atoms with Crippen LogP contribution in [0.3, 0.4) is 0 Å². The second kappa shape index (κ2) is 9.87. The quantitative estimate of drug-likeness (QED) is 0.170. The molecular formula is C48H29N3. The molecule has 0 fully saturated rings. The van der Waals surface area contributed by atoms with Gasteiger partial charge >= 0.3 is 0 Å². The summed E-state index contributed by atoms with van der Waals surface area (Å²) in [4.78, 5) is 0. The van der Waals surface area contributed by atoms with Gasteiger partial charge in [-0.2, -0.15) is 0 Å². The maximum atomic E-state index is 2.51. The van der Waals surface area contributed by atoms with Crippen LogP contribution in [0.2, 0.25) is 0 Å². The van der Waals surface area contributed by atoms with Crippen LogP contribution in [0.5, 0.6) is 0 Å². The van der Waals surface area contributed by atoms with Crippen LogP contribution in [-0.2, 0) is 0 Å². The van der Waals surface area contributed by atoms with Crippen LogP contribution in [0.4, 0.5) is 0 Å². The van der Waals surface area contributed by atoms with E-state index < -0.39 is 0 Å². The Morgan fingerprint density at radius 2 is 0.588 bits per heavy atom. The summed E-state index contributed by atoms with van der Waals surface area (Å²) in [5.41, 5.74) is 10.8. The minimum Gasteiger partial charge on any atom is -0.309 e. The number of hydrogen-bond donors (Lipinski definition) is 0. The highest BCUT2D eigenvalue weighted by Crippen LogP contribution is 2.44. The van der Waals surface area contributed by atoms with Crippen molar-refractivity contribution in [1.82, 2.24) is 13.7 Å². The Hall–Kier alpha value is -6.84. The molecule has 3 nitrogen and oxygen atoms in total. The van der Waals surface area contributed by atoms with Gasteiger partial charge in [0.05, 0.1) is 33.1 Å². The first kappa shape index (κ1) is 27.0. The molecule has 0 aliphatic carbocycles. The second-order valence-corrected chi connectivity index (χ2v) is 13.8. The molecule has 0 saturated carbocycles. The third kappa shape index (κ3) is 3.62. The lowest BCUT2D eigenvalue weighted by molar-refractivity contribution is 1.15. The Labute approximate surface area is 292 Å². The van der Waals surface area contributed by atoms with Crippen LogP contribution in [0.1, 0.15) is 0 Å². The fourth-order valence-electron chi connectivity index (χ4n) is 8.99. The van der Waals surface area contributed by atoms with Gasteiger partial charge in [0, 0.05) is 49.4 Å². The highest BCUT2D eigenvalue weighted by molar-refractivity contribution is 6.25. The Kier molecular flexibility index (Phi) is 5.23. The number of rotatable bonds is 3. The van der Waals surface area contributed by atoms with Crippen molar-refractivity contribution >= 4 is 87.0 Å². The summed E-state index contributed by atoms with van der Waals surface area (Å²) in [6, 6.07) is 64.9. The minimum atomic E-state index is 1.16. The SMILES string of the molecule is c1ccc2cc(-n3c4cc(-n5c6ccccc6c6ccccc65)cc5ccc6cc(-n7c8ccccc8c8ccccc87)cc3c6c54)ccc2c1. The van der Waals surface area contributed by atoms with Gasteiger partial charge in [-0.1, -0.05) is 115 Å². The predicted molar refractivity (Wildman–Crippen MR) is 216 cm³/mol. The van der Waals surface area contributed by atoms with Crippen molar-refractivity contribution in [1.29, 1.82) is 0 Å². The lowest BCUT2D eigenvalue weighted by Crippen LogP contribution is -1.98. The first-order valence-electron chi connectivity index (χ1n) is 17.6. The standard InChI is InChI=1S/C48H29N3/c1-2-12-31-25-34(24-23-30(31)11-1)49-45-28-35(50-41-17-7-3-13-37(41)38-14-4-8-18-42(38)50)26-32-21-22-33-27-36(29-46(49)48(33)47(32)45)51-43-19-9-5-15-39(43)40-16-6-10-20-44(40)51/h1-29H. The monoisotopic (exact) mass is 647 g/mol. The summed E-state index contributed by atoms with van der Waals surface area (Å²) >= 11 is 0. The third-order valence-corrected chi connectivity index (χ3v) is 11.1. The lowest BCUT2D eigenvalue weighted by atomic mass is 10.0. The lowest BCUT2D eigenvalue weighted by Gasteiger charge is -2.13. The molecule has 0 unspecified atom stereocenters. The zero-order valence-corrected chi connectivity index (χ0v) is 27.6. The number of fused-ring (bicyclic) bond motifs is 7.